The summed E-state index contributed by atoms with van der Waals surface area (Å²) in [5, 5.41) is 7.70. The van der Waals surface area contributed by atoms with Gasteiger partial charge in [0, 0.05) is 48.7 Å². The van der Waals surface area contributed by atoms with E-state index in [9.17, 15) is 9.18 Å². The number of anilines is 1. The van der Waals surface area contributed by atoms with Gasteiger partial charge in [-0.1, -0.05) is 30.3 Å². The highest BCUT2D eigenvalue weighted by molar-refractivity contribution is 5.96. The molecule has 1 fully saturated rings. The number of hydrogen-bond donors (Lipinski definition) is 1. The second-order valence-electron chi connectivity index (χ2n) is 8.78. The smallest absolute Gasteiger partial charge is 0.322 e. The van der Waals surface area contributed by atoms with Gasteiger partial charge in [0.1, 0.15) is 5.82 Å². The van der Waals surface area contributed by atoms with Crippen LogP contribution in [-0.2, 0) is 6.54 Å². The van der Waals surface area contributed by atoms with Gasteiger partial charge in [-0.3, -0.25) is 9.80 Å². The van der Waals surface area contributed by atoms with E-state index in [0.29, 0.717) is 29.9 Å². The number of para-hydroxylation sites is 1. The molecule has 2 aromatic rings. The van der Waals surface area contributed by atoms with Gasteiger partial charge in [-0.15, -0.1) is 0 Å². The number of halogens is 1. The van der Waals surface area contributed by atoms with Crippen LogP contribution >= 0.6 is 0 Å². The molecule has 0 bridgehead atoms. The number of nitrogens with zero attached hydrogens (tertiary/aromatic N) is 3. The largest absolute Gasteiger partial charge is 0.324 e. The molecule has 0 saturated carbocycles. The van der Waals surface area contributed by atoms with Crippen LogP contribution in [0, 0.1) is 11.2 Å². The molecule has 160 valence electrons. The minimum Gasteiger partial charge on any atom is -0.322 e. The number of rotatable bonds is 4. The third-order valence-corrected chi connectivity index (χ3v) is 5.61. The lowest BCUT2D eigenvalue weighted by Crippen LogP contribution is -2.57. The molecule has 1 N–H and O–H groups in total. The molecule has 2 amide bonds. The fourth-order valence-corrected chi connectivity index (χ4v) is 3.70. The Labute approximate surface area is 178 Å². The van der Waals surface area contributed by atoms with Gasteiger partial charge in [0.2, 0.25) is 0 Å². The first kappa shape index (κ1) is 22.0. The molecule has 6 heteroatoms. The highest BCUT2D eigenvalue weighted by atomic mass is 19.1. The molecule has 0 spiro atoms. The predicted molar refractivity (Wildman–Crippen MR) is 120 cm³/mol. The highest BCUT2D eigenvalue weighted by Gasteiger charge is 2.30. The summed E-state index contributed by atoms with van der Waals surface area (Å²) < 4.78 is 14.7. The van der Waals surface area contributed by atoms with Crippen molar-refractivity contribution in [2.24, 2.45) is 0 Å². The number of piperazine rings is 1. The number of carbonyl (C=O) groups excluding carboxylic acids is 1. The first-order valence-electron chi connectivity index (χ1n) is 10.4. The van der Waals surface area contributed by atoms with Crippen molar-refractivity contribution in [3.8, 4) is 0 Å². The first-order chi connectivity index (χ1) is 14.2. The molecule has 1 heterocycles. The zero-order valence-corrected chi connectivity index (χ0v) is 18.3. The summed E-state index contributed by atoms with van der Waals surface area (Å²) in [6.45, 7) is 11.3. The molecule has 1 saturated heterocycles. The summed E-state index contributed by atoms with van der Waals surface area (Å²) in [7, 11) is 0. The average Bonchev–Trinajstić information content (AvgIpc) is 2.72. The van der Waals surface area contributed by atoms with Crippen LogP contribution in [0.15, 0.2) is 48.5 Å². The molecule has 0 atom stereocenters. The monoisotopic (exact) mass is 410 g/mol. The fraction of sp³-hybridized carbons (Fsp3) is 0.417. The first-order valence-corrected chi connectivity index (χ1v) is 10.4. The number of carbonyl (C=O) groups is 1. The molecular formula is C24H31FN4O. The third kappa shape index (κ3) is 5.05. The van der Waals surface area contributed by atoms with Gasteiger partial charge in [0.25, 0.3) is 0 Å². The number of benzene rings is 2. The van der Waals surface area contributed by atoms with E-state index in [1.54, 1.807) is 24.0 Å². The predicted octanol–water partition coefficient (Wildman–Crippen LogP) is 4.76. The lowest BCUT2D eigenvalue weighted by Gasteiger charge is -2.43. The standard InChI is InChI=1S/C24H31FN4O/c1-18(26)19-10-11-20(22(25)16-19)17-29(21-8-6-5-7-9-21)23(30)27-12-14-28(15-13-27)24(2,3)4/h5-11,16,26H,12-15,17H2,1-4H3. The summed E-state index contributed by atoms with van der Waals surface area (Å²) in [6.07, 6.45) is 0. The van der Waals surface area contributed by atoms with Crippen molar-refractivity contribution >= 4 is 17.4 Å². The van der Waals surface area contributed by atoms with Crippen LogP contribution in [-0.4, -0.2) is 53.3 Å². The summed E-state index contributed by atoms with van der Waals surface area (Å²) in [5.74, 6) is -0.398. The lowest BCUT2D eigenvalue weighted by atomic mass is 10.0. The van der Waals surface area contributed by atoms with Gasteiger partial charge in [-0.25, -0.2) is 9.18 Å². The van der Waals surface area contributed by atoms with Crippen molar-refractivity contribution < 1.29 is 9.18 Å². The Balaban J connectivity index is 1.82. The zero-order valence-electron chi connectivity index (χ0n) is 18.3. The van der Waals surface area contributed by atoms with E-state index >= 15 is 0 Å². The van der Waals surface area contributed by atoms with Crippen LogP contribution in [0.3, 0.4) is 0 Å². The number of hydrogen-bond acceptors (Lipinski definition) is 3. The second kappa shape index (κ2) is 8.96. The quantitative estimate of drug-likeness (QED) is 0.739. The Hall–Kier alpha value is -2.73. The van der Waals surface area contributed by atoms with Crippen molar-refractivity contribution in [2.45, 2.75) is 39.8 Å². The maximum Gasteiger partial charge on any atom is 0.324 e. The minimum absolute atomic E-state index is 0.0755. The van der Waals surface area contributed by atoms with Crippen LogP contribution in [0.1, 0.15) is 38.8 Å². The summed E-state index contributed by atoms with van der Waals surface area (Å²) in [5.41, 5.74) is 2.12. The van der Waals surface area contributed by atoms with E-state index in [2.05, 4.69) is 25.7 Å². The Morgan fingerprint density at radius 1 is 1.07 bits per heavy atom. The molecule has 30 heavy (non-hydrogen) atoms. The van der Waals surface area contributed by atoms with Gasteiger partial charge in [-0.05, 0) is 51.5 Å². The van der Waals surface area contributed by atoms with E-state index in [0.717, 1.165) is 18.8 Å². The number of urea groups is 1. The Morgan fingerprint density at radius 3 is 2.23 bits per heavy atom. The van der Waals surface area contributed by atoms with E-state index in [1.807, 2.05) is 35.2 Å². The maximum atomic E-state index is 14.7. The molecule has 0 aromatic heterocycles. The van der Waals surface area contributed by atoms with Crippen molar-refractivity contribution in [1.82, 2.24) is 9.80 Å². The molecule has 3 rings (SSSR count). The Morgan fingerprint density at radius 2 is 1.70 bits per heavy atom. The summed E-state index contributed by atoms with van der Waals surface area (Å²) in [4.78, 5) is 19.3. The zero-order chi connectivity index (χ0) is 21.9. The van der Waals surface area contributed by atoms with Crippen molar-refractivity contribution in [2.75, 3.05) is 31.1 Å². The normalized spacial score (nSPS) is 15.2. The molecule has 2 aromatic carbocycles. The molecular weight excluding hydrogens is 379 g/mol. The van der Waals surface area contributed by atoms with Gasteiger partial charge in [0.15, 0.2) is 0 Å². The van der Waals surface area contributed by atoms with Crippen molar-refractivity contribution in [3.05, 3.63) is 65.5 Å². The molecule has 0 unspecified atom stereocenters. The molecule has 0 aliphatic carbocycles. The molecule has 0 radical (unpaired) electrons. The third-order valence-electron chi connectivity index (χ3n) is 5.61. The number of amides is 2. The van der Waals surface area contributed by atoms with E-state index in [-0.39, 0.29) is 18.1 Å². The SMILES string of the molecule is CC(=N)c1ccc(CN(C(=O)N2CCN(C(C)(C)C)CC2)c2ccccc2)c(F)c1. The number of nitrogens with one attached hydrogen (secondary N) is 1. The second-order valence-corrected chi connectivity index (χ2v) is 8.78. The van der Waals surface area contributed by atoms with Crippen LogP contribution in [0.2, 0.25) is 0 Å². The van der Waals surface area contributed by atoms with Crippen molar-refractivity contribution in [3.63, 3.8) is 0 Å². The van der Waals surface area contributed by atoms with Crippen LogP contribution in [0.5, 0.6) is 0 Å². The summed E-state index contributed by atoms with van der Waals surface area (Å²) >= 11 is 0. The van der Waals surface area contributed by atoms with Crippen molar-refractivity contribution in [1.29, 1.82) is 5.41 Å². The van der Waals surface area contributed by atoms with Gasteiger partial charge >= 0.3 is 6.03 Å². The van der Waals surface area contributed by atoms with Gasteiger partial charge in [0.05, 0.1) is 6.54 Å². The highest BCUT2D eigenvalue weighted by Crippen LogP contribution is 2.23. The van der Waals surface area contributed by atoms with Gasteiger partial charge in [-0.2, -0.15) is 0 Å². The van der Waals surface area contributed by atoms with E-state index < -0.39 is 5.82 Å². The fourth-order valence-electron chi connectivity index (χ4n) is 3.70. The molecule has 1 aliphatic heterocycles. The average molecular weight is 411 g/mol. The van der Waals surface area contributed by atoms with Crippen LogP contribution in [0.25, 0.3) is 0 Å². The molecule has 1 aliphatic rings. The molecule has 5 nitrogen and oxygen atoms in total. The maximum absolute atomic E-state index is 14.7. The topological polar surface area (TPSA) is 50.6 Å². The lowest BCUT2D eigenvalue weighted by molar-refractivity contribution is 0.0758. The summed E-state index contributed by atoms with van der Waals surface area (Å²) in [6, 6.07) is 14.1. The minimum atomic E-state index is -0.398. The van der Waals surface area contributed by atoms with E-state index in [1.165, 1.54) is 6.07 Å². The van der Waals surface area contributed by atoms with Crippen LogP contribution in [0.4, 0.5) is 14.9 Å². The van der Waals surface area contributed by atoms with E-state index in [4.69, 9.17) is 5.41 Å². The van der Waals surface area contributed by atoms with Crippen LogP contribution < -0.4 is 4.90 Å². The Kier molecular flexibility index (Phi) is 6.56. The van der Waals surface area contributed by atoms with Gasteiger partial charge < -0.3 is 10.3 Å². The Bertz CT molecular complexity index is 899.